The van der Waals surface area contributed by atoms with Crippen molar-refractivity contribution in [2.75, 3.05) is 6.54 Å². The van der Waals surface area contributed by atoms with E-state index in [2.05, 4.69) is 20.9 Å². The highest BCUT2D eigenvalue weighted by molar-refractivity contribution is 5.94. The van der Waals surface area contributed by atoms with Gasteiger partial charge in [0.15, 0.2) is 5.96 Å². The number of nitrogens with zero attached hydrogens (tertiary/aromatic N) is 1. The predicted octanol–water partition coefficient (Wildman–Crippen LogP) is -2.65. The molecule has 0 spiro atoms. The number of hydrogen-bond donors (Lipinski definition) is 9. The fourth-order valence-electron chi connectivity index (χ4n) is 3.08. The fraction of sp³-hybridized carbons (Fsp3) is 0.455. The maximum Gasteiger partial charge on any atom is 0.326 e. The van der Waals surface area contributed by atoms with Gasteiger partial charge >= 0.3 is 11.9 Å². The standard InChI is InChI=1S/C22H33N7O8/c1-11(27-19(34)14(23)9-12-4-6-13(30)7-5-12)18(33)28-15(3-2-8-26-22(24)25)20(35)29-16(21(36)37)10-17(31)32/h4-7,11,14-16,30H,2-3,8-10,23H2,1H3,(H,27,34)(H,28,33)(H,29,35)(H,31,32)(H,36,37)(H4,24,25,26). The Kier molecular flexibility index (Phi) is 12.3. The van der Waals surface area contributed by atoms with E-state index in [1.807, 2.05) is 0 Å². The van der Waals surface area contributed by atoms with Gasteiger partial charge in [0, 0.05) is 6.54 Å². The third-order valence-corrected chi connectivity index (χ3v) is 5.05. The highest BCUT2D eigenvalue weighted by Crippen LogP contribution is 2.11. The van der Waals surface area contributed by atoms with E-state index in [0.29, 0.717) is 5.56 Å². The Morgan fingerprint density at radius 1 is 0.919 bits per heavy atom. The second-order valence-electron chi connectivity index (χ2n) is 8.21. The first-order chi connectivity index (χ1) is 17.3. The topological polar surface area (TPSA) is 273 Å². The number of carboxylic acid groups (broad SMARTS) is 2. The number of phenols is 1. The van der Waals surface area contributed by atoms with Gasteiger partial charge in [0.05, 0.1) is 12.5 Å². The van der Waals surface area contributed by atoms with Crippen molar-refractivity contribution in [3.63, 3.8) is 0 Å². The van der Waals surface area contributed by atoms with Crippen molar-refractivity contribution >= 4 is 35.6 Å². The number of phenolic OH excluding ortho intramolecular Hbond substituents is 1. The third-order valence-electron chi connectivity index (χ3n) is 5.05. The van der Waals surface area contributed by atoms with Crippen molar-refractivity contribution in [3.8, 4) is 5.75 Å². The molecule has 0 radical (unpaired) electrons. The molecule has 0 bridgehead atoms. The minimum absolute atomic E-state index is 0.0191. The molecule has 0 aliphatic rings. The fourth-order valence-corrected chi connectivity index (χ4v) is 3.08. The number of carbonyl (C=O) groups is 5. The second-order valence-corrected chi connectivity index (χ2v) is 8.21. The number of carboxylic acids is 2. The third kappa shape index (κ3) is 11.7. The van der Waals surface area contributed by atoms with Crippen molar-refractivity contribution in [2.24, 2.45) is 22.2 Å². The van der Waals surface area contributed by atoms with Gasteiger partial charge < -0.3 is 48.5 Å². The van der Waals surface area contributed by atoms with E-state index in [1.165, 1.54) is 19.1 Å². The van der Waals surface area contributed by atoms with Gasteiger partial charge in [0.25, 0.3) is 0 Å². The molecule has 4 atom stereocenters. The second kappa shape index (κ2) is 14.9. The Morgan fingerprint density at radius 3 is 2.05 bits per heavy atom. The largest absolute Gasteiger partial charge is 0.508 e. The molecule has 1 aromatic carbocycles. The van der Waals surface area contributed by atoms with E-state index < -0.39 is 60.2 Å². The van der Waals surface area contributed by atoms with Crippen LogP contribution in [0.4, 0.5) is 0 Å². The molecule has 15 heteroatoms. The van der Waals surface area contributed by atoms with Gasteiger partial charge in [0.1, 0.15) is 23.9 Å². The van der Waals surface area contributed by atoms with E-state index in [0.717, 1.165) is 0 Å². The average molecular weight is 524 g/mol. The summed E-state index contributed by atoms with van der Waals surface area (Å²) in [4.78, 5) is 63.8. The quantitative estimate of drug-likeness (QED) is 0.0650. The van der Waals surface area contributed by atoms with E-state index >= 15 is 0 Å². The summed E-state index contributed by atoms with van der Waals surface area (Å²) < 4.78 is 0. The van der Waals surface area contributed by atoms with Gasteiger partial charge in [-0.15, -0.1) is 0 Å². The van der Waals surface area contributed by atoms with Crippen LogP contribution in [0.3, 0.4) is 0 Å². The van der Waals surface area contributed by atoms with Crippen molar-refractivity contribution in [3.05, 3.63) is 29.8 Å². The van der Waals surface area contributed by atoms with Crippen LogP contribution in [0.25, 0.3) is 0 Å². The molecule has 0 aliphatic heterocycles. The van der Waals surface area contributed by atoms with E-state index in [9.17, 15) is 34.2 Å². The minimum Gasteiger partial charge on any atom is -0.508 e. The van der Waals surface area contributed by atoms with E-state index in [1.54, 1.807) is 12.1 Å². The molecule has 0 heterocycles. The number of rotatable bonds is 15. The van der Waals surface area contributed by atoms with Crippen LogP contribution in [0.2, 0.25) is 0 Å². The number of aliphatic carboxylic acids is 2. The van der Waals surface area contributed by atoms with Crippen LogP contribution in [0.15, 0.2) is 29.3 Å². The lowest BCUT2D eigenvalue weighted by Gasteiger charge is -2.23. The number of amides is 3. The lowest BCUT2D eigenvalue weighted by Crippen LogP contribution is -2.56. The molecule has 1 aromatic rings. The molecule has 0 aliphatic carbocycles. The summed E-state index contributed by atoms with van der Waals surface area (Å²) >= 11 is 0. The van der Waals surface area contributed by atoms with Crippen LogP contribution in [-0.2, 0) is 30.4 Å². The van der Waals surface area contributed by atoms with Crippen LogP contribution in [0, 0.1) is 0 Å². The SMILES string of the molecule is CC(NC(=O)C(N)Cc1ccc(O)cc1)C(=O)NC(CCCN=C(N)N)C(=O)NC(CC(=O)O)C(=O)O. The smallest absolute Gasteiger partial charge is 0.326 e. The number of carbonyl (C=O) groups excluding carboxylic acids is 3. The molecule has 3 amide bonds. The number of aliphatic imine (C=N–C) groups is 1. The zero-order chi connectivity index (χ0) is 28.1. The Balaban J connectivity index is 2.83. The Morgan fingerprint density at radius 2 is 1.51 bits per heavy atom. The summed E-state index contributed by atoms with van der Waals surface area (Å²) in [6.07, 6.45) is -0.544. The van der Waals surface area contributed by atoms with Crippen LogP contribution in [0.1, 0.15) is 31.7 Å². The monoisotopic (exact) mass is 523 g/mol. The van der Waals surface area contributed by atoms with Crippen molar-refractivity contribution in [2.45, 2.75) is 56.8 Å². The average Bonchev–Trinajstić information content (AvgIpc) is 2.81. The first-order valence-electron chi connectivity index (χ1n) is 11.2. The summed E-state index contributed by atoms with van der Waals surface area (Å²) in [5.41, 5.74) is 17.1. The molecular formula is C22H33N7O8. The first-order valence-corrected chi connectivity index (χ1v) is 11.2. The Labute approximate surface area is 212 Å². The lowest BCUT2D eigenvalue weighted by atomic mass is 10.1. The molecule has 15 nitrogen and oxygen atoms in total. The number of nitrogens with two attached hydrogens (primary N) is 3. The number of benzene rings is 1. The molecule has 1 rings (SSSR count). The van der Waals surface area contributed by atoms with Crippen LogP contribution >= 0.6 is 0 Å². The summed E-state index contributed by atoms with van der Waals surface area (Å²) in [7, 11) is 0. The number of hydrogen-bond acceptors (Lipinski definition) is 8. The molecule has 12 N–H and O–H groups in total. The van der Waals surface area contributed by atoms with E-state index in [4.69, 9.17) is 22.3 Å². The highest BCUT2D eigenvalue weighted by atomic mass is 16.4. The van der Waals surface area contributed by atoms with Gasteiger partial charge in [-0.25, -0.2) is 4.79 Å². The summed E-state index contributed by atoms with van der Waals surface area (Å²) in [5.74, 6) is -5.48. The first kappa shape index (κ1) is 30.6. The van der Waals surface area contributed by atoms with Crippen molar-refractivity contribution < 1.29 is 39.3 Å². The van der Waals surface area contributed by atoms with Gasteiger partial charge in [0.2, 0.25) is 17.7 Å². The van der Waals surface area contributed by atoms with E-state index in [-0.39, 0.29) is 37.5 Å². The molecule has 204 valence electrons. The zero-order valence-corrected chi connectivity index (χ0v) is 20.2. The molecule has 4 unspecified atom stereocenters. The van der Waals surface area contributed by atoms with Gasteiger partial charge in [-0.3, -0.25) is 24.2 Å². The normalized spacial score (nSPS) is 13.8. The minimum atomic E-state index is -1.72. The van der Waals surface area contributed by atoms with Gasteiger partial charge in [-0.1, -0.05) is 12.1 Å². The van der Waals surface area contributed by atoms with Crippen LogP contribution in [-0.4, -0.2) is 81.7 Å². The van der Waals surface area contributed by atoms with Gasteiger partial charge in [-0.05, 0) is 43.9 Å². The lowest BCUT2D eigenvalue weighted by molar-refractivity contribution is -0.147. The van der Waals surface area contributed by atoms with Crippen molar-refractivity contribution in [1.82, 2.24) is 16.0 Å². The molecule has 0 saturated heterocycles. The zero-order valence-electron chi connectivity index (χ0n) is 20.2. The Hall–Kier alpha value is -4.40. The summed E-state index contributed by atoms with van der Waals surface area (Å²) in [5, 5.41) is 34.3. The predicted molar refractivity (Wildman–Crippen MR) is 131 cm³/mol. The Bertz CT molecular complexity index is 995. The summed E-state index contributed by atoms with van der Waals surface area (Å²) in [6, 6.07) is 0.947. The number of guanidine groups is 1. The maximum atomic E-state index is 12.7. The van der Waals surface area contributed by atoms with Crippen molar-refractivity contribution in [1.29, 1.82) is 0 Å². The number of aromatic hydroxyl groups is 1. The molecule has 37 heavy (non-hydrogen) atoms. The number of nitrogens with one attached hydrogen (secondary N) is 3. The maximum absolute atomic E-state index is 12.7. The van der Waals surface area contributed by atoms with Crippen LogP contribution < -0.4 is 33.2 Å². The molecule has 0 fully saturated rings. The highest BCUT2D eigenvalue weighted by Gasteiger charge is 2.29. The van der Waals surface area contributed by atoms with Crippen LogP contribution in [0.5, 0.6) is 5.75 Å². The molecular weight excluding hydrogens is 490 g/mol. The summed E-state index contributed by atoms with van der Waals surface area (Å²) in [6.45, 7) is 1.47. The molecule has 0 aromatic heterocycles. The molecule has 0 saturated carbocycles. The van der Waals surface area contributed by atoms with Gasteiger partial charge in [-0.2, -0.15) is 0 Å².